The van der Waals surface area contributed by atoms with Gasteiger partial charge in [-0.05, 0) is 43.5 Å². The van der Waals surface area contributed by atoms with Gasteiger partial charge in [-0.15, -0.1) is 0 Å². The van der Waals surface area contributed by atoms with Gasteiger partial charge in [0.05, 0.1) is 24.0 Å². The van der Waals surface area contributed by atoms with E-state index in [4.69, 9.17) is 4.74 Å². The highest BCUT2D eigenvalue weighted by Gasteiger charge is 2.33. The number of hydrogen-bond donors (Lipinski definition) is 1. The van der Waals surface area contributed by atoms with Crippen LogP contribution in [0.5, 0.6) is 0 Å². The van der Waals surface area contributed by atoms with E-state index >= 15 is 0 Å². The fraction of sp³-hybridized carbons (Fsp3) is 0.263. The molecule has 1 aliphatic rings. The van der Waals surface area contributed by atoms with E-state index in [0.717, 1.165) is 29.3 Å². The number of carbonyl (C=O) groups excluding carboxylic acids is 1. The second-order valence-electron chi connectivity index (χ2n) is 6.32. The van der Waals surface area contributed by atoms with Gasteiger partial charge in [0.2, 0.25) is 0 Å². The minimum atomic E-state index is -0.446. The first kappa shape index (κ1) is 15.6. The average Bonchev–Trinajstić information content (AvgIpc) is 3.39. The molecule has 1 fully saturated rings. The number of nitrogens with one attached hydrogen (secondary N) is 1. The number of aromatic nitrogens is 2. The van der Waals surface area contributed by atoms with E-state index in [-0.39, 0.29) is 11.9 Å². The Labute approximate surface area is 144 Å². The molecule has 6 heteroatoms. The van der Waals surface area contributed by atoms with Gasteiger partial charge < -0.3 is 14.6 Å². The van der Waals surface area contributed by atoms with E-state index in [9.17, 15) is 9.18 Å². The highest BCUT2D eigenvalue weighted by molar-refractivity contribution is 6.07. The average molecular weight is 339 g/mol. The van der Waals surface area contributed by atoms with Crippen LogP contribution in [-0.2, 0) is 4.74 Å². The predicted molar refractivity (Wildman–Crippen MR) is 93.8 cm³/mol. The molecular weight excluding hydrogens is 321 g/mol. The lowest BCUT2D eigenvalue weighted by Gasteiger charge is -2.11. The second-order valence-corrected chi connectivity index (χ2v) is 6.32. The van der Waals surface area contributed by atoms with E-state index in [1.807, 2.05) is 23.6 Å². The standard InChI is InChI=1S/C19H18FN3O2/c1-11-3-6-15(14(20)9-11)22-17-13-10-21-8-7-16(13)23(12-4-5-12)18(17)19(24)25-2/h3,6-10,12,22H,4-5H2,1-2H3. The Kier molecular flexibility index (Phi) is 3.67. The zero-order valence-electron chi connectivity index (χ0n) is 14.0. The molecule has 0 spiro atoms. The monoisotopic (exact) mass is 339 g/mol. The van der Waals surface area contributed by atoms with Gasteiger partial charge in [0, 0.05) is 23.8 Å². The molecule has 5 nitrogen and oxygen atoms in total. The van der Waals surface area contributed by atoms with Gasteiger partial charge >= 0.3 is 5.97 Å². The van der Waals surface area contributed by atoms with Crippen molar-refractivity contribution in [1.29, 1.82) is 0 Å². The summed E-state index contributed by atoms with van der Waals surface area (Å²) in [6, 6.07) is 7.08. The molecule has 0 unspecified atom stereocenters. The molecule has 0 amide bonds. The molecule has 4 rings (SSSR count). The van der Waals surface area contributed by atoms with Gasteiger partial charge in [0.25, 0.3) is 0 Å². The minimum absolute atomic E-state index is 0.261. The van der Waals surface area contributed by atoms with E-state index in [2.05, 4.69) is 10.3 Å². The smallest absolute Gasteiger partial charge is 0.356 e. The Morgan fingerprint density at radius 3 is 2.84 bits per heavy atom. The van der Waals surface area contributed by atoms with Crippen molar-refractivity contribution in [2.75, 3.05) is 12.4 Å². The van der Waals surface area contributed by atoms with Crippen LogP contribution >= 0.6 is 0 Å². The van der Waals surface area contributed by atoms with Crippen molar-refractivity contribution in [2.24, 2.45) is 0 Å². The molecular formula is C19H18FN3O2. The highest BCUT2D eigenvalue weighted by atomic mass is 19.1. The summed E-state index contributed by atoms with van der Waals surface area (Å²) in [4.78, 5) is 16.7. The van der Waals surface area contributed by atoms with E-state index < -0.39 is 5.97 Å². The topological polar surface area (TPSA) is 56.1 Å². The van der Waals surface area contributed by atoms with Gasteiger partial charge in [0.15, 0.2) is 5.69 Å². The van der Waals surface area contributed by atoms with Gasteiger partial charge in [-0.2, -0.15) is 0 Å². The number of fused-ring (bicyclic) bond motifs is 1. The molecule has 1 aromatic carbocycles. The van der Waals surface area contributed by atoms with Crippen LogP contribution in [-0.4, -0.2) is 22.6 Å². The van der Waals surface area contributed by atoms with Crippen LogP contribution in [0.1, 0.15) is 34.9 Å². The molecule has 2 aromatic heterocycles. The van der Waals surface area contributed by atoms with Crippen molar-refractivity contribution >= 4 is 28.2 Å². The SMILES string of the molecule is COC(=O)c1c(Nc2ccc(C)cc2F)c2cnccc2n1C1CC1. The third kappa shape index (κ3) is 2.63. The van der Waals surface area contributed by atoms with Crippen molar-refractivity contribution in [1.82, 2.24) is 9.55 Å². The third-order valence-electron chi connectivity index (χ3n) is 4.48. The van der Waals surface area contributed by atoms with Crippen molar-refractivity contribution in [3.05, 3.63) is 53.7 Å². The van der Waals surface area contributed by atoms with Crippen LogP contribution in [0.15, 0.2) is 36.7 Å². The Balaban J connectivity index is 1.94. The van der Waals surface area contributed by atoms with Gasteiger partial charge in [-0.25, -0.2) is 9.18 Å². The van der Waals surface area contributed by atoms with Crippen LogP contribution in [0.3, 0.4) is 0 Å². The molecule has 0 bridgehead atoms. The van der Waals surface area contributed by atoms with Crippen LogP contribution < -0.4 is 5.32 Å². The summed E-state index contributed by atoms with van der Waals surface area (Å²) in [5.74, 6) is -0.815. The molecule has 1 N–H and O–H groups in total. The maximum Gasteiger partial charge on any atom is 0.356 e. The maximum absolute atomic E-state index is 14.3. The second kappa shape index (κ2) is 5.88. The maximum atomic E-state index is 14.3. The summed E-state index contributed by atoms with van der Waals surface area (Å²) in [6.45, 7) is 1.83. The van der Waals surface area contributed by atoms with Crippen LogP contribution in [0.2, 0.25) is 0 Å². The number of aryl methyl sites for hydroxylation is 1. The third-order valence-corrected chi connectivity index (χ3v) is 4.48. The number of anilines is 2. The van der Waals surface area contributed by atoms with Gasteiger partial charge in [-0.1, -0.05) is 6.07 Å². The normalized spacial score (nSPS) is 13.9. The Morgan fingerprint density at radius 1 is 1.36 bits per heavy atom. The fourth-order valence-electron chi connectivity index (χ4n) is 3.15. The molecule has 1 saturated carbocycles. The lowest BCUT2D eigenvalue weighted by Crippen LogP contribution is -2.12. The first-order valence-corrected chi connectivity index (χ1v) is 8.19. The number of pyridine rings is 1. The van der Waals surface area contributed by atoms with Crippen molar-refractivity contribution in [3.63, 3.8) is 0 Å². The Hall–Kier alpha value is -2.89. The largest absolute Gasteiger partial charge is 0.464 e. The van der Waals surface area contributed by atoms with Crippen LogP contribution in [0.4, 0.5) is 15.8 Å². The molecule has 0 atom stereocenters. The number of halogens is 1. The summed E-state index contributed by atoms with van der Waals surface area (Å²) in [5, 5.41) is 3.87. The number of esters is 1. The zero-order valence-corrected chi connectivity index (χ0v) is 14.0. The number of ether oxygens (including phenoxy) is 1. The number of rotatable bonds is 4. The van der Waals surface area contributed by atoms with E-state index in [1.165, 1.54) is 13.2 Å². The molecule has 0 radical (unpaired) electrons. The summed E-state index contributed by atoms with van der Waals surface area (Å²) in [7, 11) is 1.35. The van der Waals surface area contributed by atoms with Crippen molar-refractivity contribution in [2.45, 2.75) is 25.8 Å². The number of hydrogen-bond acceptors (Lipinski definition) is 4. The van der Waals surface area contributed by atoms with Crippen molar-refractivity contribution < 1.29 is 13.9 Å². The predicted octanol–water partition coefficient (Wildman–Crippen LogP) is 4.35. The number of carbonyl (C=O) groups is 1. The molecule has 1 aliphatic carbocycles. The minimum Gasteiger partial charge on any atom is -0.464 e. The van der Waals surface area contributed by atoms with Crippen LogP contribution in [0.25, 0.3) is 10.9 Å². The quantitative estimate of drug-likeness (QED) is 0.718. The van der Waals surface area contributed by atoms with Crippen LogP contribution in [0, 0.1) is 12.7 Å². The van der Waals surface area contributed by atoms with Gasteiger partial charge in [0.1, 0.15) is 5.82 Å². The summed E-state index contributed by atoms with van der Waals surface area (Å²) < 4.78 is 21.3. The summed E-state index contributed by atoms with van der Waals surface area (Å²) >= 11 is 0. The molecule has 0 aliphatic heterocycles. The van der Waals surface area contributed by atoms with Crippen molar-refractivity contribution in [3.8, 4) is 0 Å². The molecule has 0 saturated heterocycles. The first-order valence-electron chi connectivity index (χ1n) is 8.19. The lowest BCUT2D eigenvalue weighted by atomic mass is 10.2. The number of methoxy groups -OCH3 is 1. The number of nitrogens with zero attached hydrogens (tertiary/aromatic N) is 2. The Bertz CT molecular complexity index is 976. The zero-order chi connectivity index (χ0) is 17.6. The molecule has 25 heavy (non-hydrogen) atoms. The summed E-state index contributed by atoms with van der Waals surface area (Å²) in [5.41, 5.74) is 2.98. The number of benzene rings is 1. The fourth-order valence-corrected chi connectivity index (χ4v) is 3.15. The highest BCUT2D eigenvalue weighted by Crippen LogP contribution is 2.44. The molecule has 3 aromatic rings. The molecule has 2 heterocycles. The molecule has 128 valence electrons. The van der Waals surface area contributed by atoms with E-state index in [1.54, 1.807) is 18.5 Å². The first-order chi connectivity index (χ1) is 12.1. The lowest BCUT2D eigenvalue weighted by molar-refractivity contribution is 0.0590. The summed E-state index contributed by atoms with van der Waals surface area (Å²) in [6.07, 6.45) is 5.40. The van der Waals surface area contributed by atoms with Gasteiger partial charge in [-0.3, -0.25) is 4.98 Å². The van der Waals surface area contributed by atoms with E-state index in [0.29, 0.717) is 17.1 Å². The Morgan fingerprint density at radius 2 is 2.16 bits per heavy atom.